The average molecular weight is 366 g/mol. The Kier molecular flexibility index (Phi) is 5.90. The molecule has 1 aromatic heterocycles. The number of hydrogen-bond acceptors (Lipinski definition) is 10. The molecule has 26 heavy (non-hydrogen) atoms. The number of nitrogens with zero attached hydrogens (tertiary/aromatic N) is 2. The summed E-state index contributed by atoms with van der Waals surface area (Å²) in [4.78, 5) is 7.89. The van der Waals surface area contributed by atoms with Crippen molar-refractivity contribution in [3.63, 3.8) is 0 Å². The zero-order valence-corrected chi connectivity index (χ0v) is 14.9. The number of aliphatic hydroxyl groups excluding tert-OH is 2. The van der Waals surface area contributed by atoms with Crippen molar-refractivity contribution < 1.29 is 29.2 Å². The first-order valence-electron chi connectivity index (χ1n) is 7.58. The van der Waals surface area contributed by atoms with Gasteiger partial charge in [0.1, 0.15) is 11.9 Å². The first-order valence-corrected chi connectivity index (χ1v) is 7.58. The van der Waals surface area contributed by atoms with E-state index in [0.29, 0.717) is 22.8 Å². The van der Waals surface area contributed by atoms with Crippen molar-refractivity contribution in [2.24, 2.45) is 0 Å². The van der Waals surface area contributed by atoms with Crippen LogP contribution in [0.1, 0.15) is 6.92 Å². The quantitative estimate of drug-likeness (QED) is 0.506. The summed E-state index contributed by atoms with van der Waals surface area (Å²) in [6.45, 7) is 1.36. The Labute approximate surface area is 150 Å². The molecule has 0 radical (unpaired) electrons. The number of aromatic nitrogens is 2. The van der Waals surface area contributed by atoms with Gasteiger partial charge in [-0.05, 0) is 24.6 Å². The molecule has 0 aliphatic carbocycles. The van der Waals surface area contributed by atoms with Crippen LogP contribution in [0.4, 0.5) is 11.8 Å². The van der Waals surface area contributed by atoms with Gasteiger partial charge in [-0.3, -0.25) is 0 Å². The van der Waals surface area contributed by atoms with E-state index in [4.69, 9.17) is 30.4 Å². The molecule has 1 heterocycles. The van der Waals surface area contributed by atoms with E-state index in [-0.39, 0.29) is 23.2 Å². The van der Waals surface area contributed by atoms with E-state index in [9.17, 15) is 10.2 Å². The standard InChI is InChI=1S/C16H22N4O6/c1-7(21)15(22)26-14-11(13(17)19-16(18)20-14)8-5-9(23-2)12(25-4)10(6-8)24-3/h5-7,15,21-22H,1-4H3,(H4,17,18,19,20)/t7-,15-/m1/s1. The van der Waals surface area contributed by atoms with Gasteiger partial charge in [0.2, 0.25) is 23.9 Å². The lowest BCUT2D eigenvalue weighted by Gasteiger charge is -2.19. The molecule has 0 fully saturated rings. The second-order valence-corrected chi connectivity index (χ2v) is 5.31. The summed E-state index contributed by atoms with van der Waals surface area (Å²) in [6.07, 6.45) is -2.70. The van der Waals surface area contributed by atoms with Crippen LogP contribution in [-0.4, -0.2) is 53.9 Å². The fourth-order valence-electron chi connectivity index (χ4n) is 2.27. The molecule has 6 N–H and O–H groups in total. The highest BCUT2D eigenvalue weighted by Gasteiger charge is 2.23. The minimum atomic E-state index is -1.54. The van der Waals surface area contributed by atoms with Crippen molar-refractivity contribution in [1.29, 1.82) is 0 Å². The van der Waals surface area contributed by atoms with E-state index in [1.54, 1.807) is 12.1 Å². The average Bonchev–Trinajstić information content (AvgIpc) is 2.59. The lowest BCUT2D eigenvalue weighted by atomic mass is 10.1. The molecule has 0 aliphatic rings. The Morgan fingerprint density at radius 2 is 1.54 bits per heavy atom. The van der Waals surface area contributed by atoms with Gasteiger partial charge in [0.15, 0.2) is 11.5 Å². The zero-order valence-electron chi connectivity index (χ0n) is 14.9. The van der Waals surface area contributed by atoms with Crippen LogP contribution in [0.15, 0.2) is 12.1 Å². The molecule has 2 atom stereocenters. The molecular weight excluding hydrogens is 344 g/mol. The number of nitrogens with two attached hydrogens (primary N) is 2. The summed E-state index contributed by atoms with van der Waals surface area (Å²) in [7, 11) is 4.42. The third-order valence-corrected chi connectivity index (χ3v) is 3.52. The fourth-order valence-corrected chi connectivity index (χ4v) is 2.27. The van der Waals surface area contributed by atoms with E-state index in [1.807, 2.05) is 0 Å². The van der Waals surface area contributed by atoms with Gasteiger partial charge in [-0.1, -0.05) is 0 Å². The Bertz CT molecular complexity index is 759. The van der Waals surface area contributed by atoms with Gasteiger partial charge in [-0.15, -0.1) is 0 Å². The Morgan fingerprint density at radius 3 is 2.00 bits per heavy atom. The van der Waals surface area contributed by atoms with E-state index in [0.717, 1.165) is 0 Å². The number of aliphatic hydroxyl groups is 2. The zero-order chi connectivity index (χ0) is 19.4. The summed E-state index contributed by atoms with van der Waals surface area (Å²) < 4.78 is 21.2. The molecule has 0 aliphatic heterocycles. The molecule has 0 saturated carbocycles. The molecule has 1 aromatic carbocycles. The molecule has 0 spiro atoms. The van der Waals surface area contributed by atoms with E-state index < -0.39 is 12.4 Å². The maximum absolute atomic E-state index is 9.83. The third kappa shape index (κ3) is 3.81. The topological polar surface area (TPSA) is 155 Å². The van der Waals surface area contributed by atoms with Crippen LogP contribution in [0, 0.1) is 0 Å². The third-order valence-electron chi connectivity index (χ3n) is 3.52. The van der Waals surface area contributed by atoms with Crippen LogP contribution in [-0.2, 0) is 0 Å². The summed E-state index contributed by atoms with van der Waals surface area (Å²) in [5, 5.41) is 19.3. The van der Waals surface area contributed by atoms with Crippen LogP contribution < -0.4 is 30.4 Å². The number of hydrogen-bond donors (Lipinski definition) is 4. The van der Waals surface area contributed by atoms with Crippen molar-refractivity contribution in [3.8, 4) is 34.3 Å². The predicted molar refractivity (Wildman–Crippen MR) is 94.3 cm³/mol. The minimum Gasteiger partial charge on any atom is -0.493 e. The van der Waals surface area contributed by atoms with Crippen LogP contribution in [0.2, 0.25) is 0 Å². The van der Waals surface area contributed by atoms with Crippen LogP contribution in [0.25, 0.3) is 11.1 Å². The second-order valence-electron chi connectivity index (χ2n) is 5.31. The number of nitrogen functional groups attached to an aromatic ring is 2. The van der Waals surface area contributed by atoms with Gasteiger partial charge in [-0.2, -0.15) is 9.97 Å². The summed E-state index contributed by atoms with van der Waals surface area (Å²) in [5.74, 6) is 0.907. The van der Waals surface area contributed by atoms with E-state index >= 15 is 0 Å². The minimum absolute atomic E-state index is 0.0135. The fraction of sp³-hybridized carbons (Fsp3) is 0.375. The number of benzene rings is 1. The molecule has 142 valence electrons. The highest BCUT2D eigenvalue weighted by Crippen LogP contribution is 2.44. The lowest BCUT2D eigenvalue weighted by molar-refractivity contribution is -0.0976. The van der Waals surface area contributed by atoms with Crippen molar-refractivity contribution >= 4 is 11.8 Å². The lowest BCUT2D eigenvalue weighted by Crippen LogP contribution is -2.29. The van der Waals surface area contributed by atoms with E-state index in [1.165, 1.54) is 28.3 Å². The van der Waals surface area contributed by atoms with Crippen LogP contribution >= 0.6 is 0 Å². The molecule has 0 amide bonds. The Morgan fingerprint density at radius 1 is 0.962 bits per heavy atom. The van der Waals surface area contributed by atoms with Gasteiger partial charge in [0.05, 0.1) is 26.9 Å². The monoisotopic (exact) mass is 366 g/mol. The summed E-state index contributed by atoms with van der Waals surface area (Å²) in [5.41, 5.74) is 12.3. The summed E-state index contributed by atoms with van der Waals surface area (Å²) >= 11 is 0. The Balaban J connectivity index is 2.67. The molecule has 2 rings (SSSR count). The molecular formula is C16H22N4O6. The largest absolute Gasteiger partial charge is 0.493 e. The summed E-state index contributed by atoms with van der Waals surface area (Å²) in [6, 6.07) is 3.24. The van der Waals surface area contributed by atoms with Gasteiger partial charge >= 0.3 is 0 Å². The number of anilines is 2. The van der Waals surface area contributed by atoms with Crippen molar-refractivity contribution in [2.75, 3.05) is 32.8 Å². The van der Waals surface area contributed by atoms with Crippen molar-refractivity contribution in [2.45, 2.75) is 19.3 Å². The number of rotatable bonds is 7. The normalized spacial score (nSPS) is 13.0. The molecule has 10 nitrogen and oxygen atoms in total. The smallest absolute Gasteiger partial charge is 0.230 e. The first kappa shape index (κ1) is 19.3. The van der Waals surface area contributed by atoms with Gasteiger partial charge < -0.3 is 40.6 Å². The van der Waals surface area contributed by atoms with Gasteiger partial charge in [0.25, 0.3) is 0 Å². The number of methoxy groups -OCH3 is 3. The predicted octanol–water partition coefficient (Wildman–Crippen LogP) is 0.412. The SMILES string of the molecule is COc1cc(-c2c(N)nc(N)nc2O[C@@H](O)[C@@H](C)O)cc(OC)c1OC. The molecule has 10 heteroatoms. The van der Waals surface area contributed by atoms with Crippen LogP contribution in [0.3, 0.4) is 0 Å². The molecule has 2 aromatic rings. The van der Waals surface area contributed by atoms with Gasteiger partial charge in [-0.25, -0.2) is 0 Å². The highest BCUT2D eigenvalue weighted by molar-refractivity contribution is 5.82. The highest BCUT2D eigenvalue weighted by atomic mass is 16.6. The maximum atomic E-state index is 9.83. The number of ether oxygens (including phenoxy) is 4. The molecule has 0 unspecified atom stereocenters. The molecule has 0 saturated heterocycles. The first-order chi connectivity index (χ1) is 12.3. The van der Waals surface area contributed by atoms with E-state index in [2.05, 4.69) is 9.97 Å². The van der Waals surface area contributed by atoms with Crippen molar-refractivity contribution in [1.82, 2.24) is 9.97 Å². The van der Waals surface area contributed by atoms with Crippen LogP contribution in [0.5, 0.6) is 23.1 Å². The second kappa shape index (κ2) is 7.93. The Hall–Kier alpha value is -2.98. The van der Waals surface area contributed by atoms with Crippen molar-refractivity contribution in [3.05, 3.63) is 12.1 Å². The molecule has 0 bridgehead atoms. The maximum Gasteiger partial charge on any atom is 0.230 e. The van der Waals surface area contributed by atoms with Gasteiger partial charge in [0, 0.05) is 0 Å².